The molecule has 0 saturated heterocycles. The molecular formula is C12H13ClF3NO3. The van der Waals surface area contributed by atoms with Gasteiger partial charge in [0, 0.05) is 5.02 Å². The Kier molecular flexibility index (Phi) is 5.64. The molecule has 112 valence electrons. The van der Waals surface area contributed by atoms with Gasteiger partial charge >= 0.3 is 12.3 Å². The van der Waals surface area contributed by atoms with Crippen LogP contribution in [0.1, 0.15) is 12.5 Å². The highest BCUT2D eigenvalue weighted by Crippen LogP contribution is 2.27. The van der Waals surface area contributed by atoms with Crippen LogP contribution < -0.4 is 10.5 Å². The van der Waals surface area contributed by atoms with Gasteiger partial charge in [-0.3, -0.25) is 4.79 Å². The Morgan fingerprint density at radius 1 is 1.40 bits per heavy atom. The van der Waals surface area contributed by atoms with E-state index in [0.717, 1.165) is 12.1 Å². The van der Waals surface area contributed by atoms with Crippen LogP contribution >= 0.6 is 11.6 Å². The van der Waals surface area contributed by atoms with Gasteiger partial charge in [-0.2, -0.15) is 0 Å². The Labute approximate surface area is 118 Å². The molecule has 8 heteroatoms. The molecule has 0 saturated carbocycles. The normalized spacial score (nSPS) is 12.9. The van der Waals surface area contributed by atoms with Crippen LogP contribution in [0.5, 0.6) is 5.75 Å². The summed E-state index contributed by atoms with van der Waals surface area (Å²) in [5.41, 5.74) is 5.93. The van der Waals surface area contributed by atoms with Crippen molar-refractivity contribution in [2.45, 2.75) is 25.7 Å². The maximum atomic E-state index is 12.1. The van der Waals surface area contributed by atoms with Crippen molar-refractivity contribution >= 4 is 17.6 Å². The third-order valence-electron chi connectivity index (χ3n) is 2.21. The minimum absolute atomic E-state index is 0.00634. The molecule has 0 aromatic heterocycles. The summed E-state index contributed by atoms with van der Waals surface area (Å²) in [5, 5.41) is 0.0535. The second-order valence-electron chi connectivity index (χ2n) is 3.91. The van der Waals surface area contributed by atoms with Crippen molar-refractivity contribution in [1.29, 1.82) is 0 Å². The van der Waals surface area contributed by atoms with E-state index in [1.54, 1.807) is 6.92 Å². The Bertz CT molecular complexity index is 480. The van der Waals surface area contributed by atoms with E-state index in [4.69, 9.17) is 22.1 Å². The van der Waals surface area contributed by atoms with Gasteiger partial charge in [-0.05, 0) is 37.1 Å². The van der Waals surface area contributed by atoms with Crippen molar-refractivity contribution in [3.63, 3.8) is 0 Å². The Morgan fingerprint density at radius 2 is 2.05 bits per heavy atom. The highest BCUT2D eigenvalue weighted by Gasteiger charge is 2.31. The van der Waals surface area contributed by atoms with Gasteiger partial charge in [0.1, 0.15) is 11.8 Å². The van der Waals surface area contributed by atoms with E-state index < -0.39 is 24.1 Å². The maximum Gasteiger partial charge on any atom is 0.573 e. The lowest BCUT2D eigenvalue weighted by atomic mass is 10.1. The molecule has 0 aliphatic carbocycles. The number of rotatable bonds is 5. The van der Waals surface area contributed by atoms with Crippen LogP contribution in [0, 0.1) is 0 Å². The van der Waals surface area contributed by atoms with Crippen LogP contribution in [-0.4, -0.2) is 25.0 Å². The molecule has 0 spiro atoms. The largest absolute Gasteiger partial charge is 0.573 e. The van der Waals surface area contributed by atoms with Gasteiger partial charge in [-0.15, -0.1) is 13.2 Å². The van der Waals surface area contributed by atoms with E-state index in [1.807, 2.05) is 0 Å². The number of hydrogen-bond donors (Lipinski definition) is 1. The summed E-state index contributed by atoms with van der Waals surface area (Å²) in [6, 6.07) is 2.57. The second-order valence-corrected chi connectivity index (χ2v) is 4.34. The second kappa shape index (κ2) is 6.81. The molecule has 1 aromatic carbocycles. The minimum Gasteiger partial charge on any atom is -0.465 e. The van der Waals surface area contributed by atoms with E-state index in [9.17, 15) is 18.0 Å². The molecule has 1 aromatic rings. The van der Waals surface area contributed by atoms with Crippen molar-refractivity contribution in [1.82, 2.24) is 0 Å². The zero-order valence-electron chi connectivity index (χ0n) is 10.5. The first-order valence-corrected chi connectivity index (χ1v) is 6.06. The fourth-order valence-electron chi connectivity index (χ4n) is 1.52. The quantitative estimate of drug-likeness (QED) is 0.849. The average Bonchev–Trinajstić information content (AvgIpc) is 2.25. The van der Waals surface area contributed by atoms with Gasteiger partial charge in [0.15, 0.2) is 0 Å². The summed E-state index contributed by atoms with van der Waals surface area (Å²) in [4.78, 5) is 11.4. The van der Waals surface area contributed by atoms with Gasteiger partial charge in [-0.1, -0.05) is 11.6 Å². The van der Waals surface area contributed by atoms with Crippen molar-refractivity contribution in [3.8, 4) is 5.75 Å². The molecule has 4 nitrogen and oxygen atoms in total. The fraction of sp³-hybridized carbons (Fsp3) is 0.417. The van der Waals surface area contributed by atoms with E-state index in [0.29, 0.717) is 5.56 Å². The molecule has 0 aliphatic rings. The first-order chi connectivity index (χ1) is 9.21. The molecule has 0 radical (unpaired) electrons. The third-order valence-corrected chi connectivity index (χ3v) is 2.43. The van der Waals surface area contributed by atoms with Crippen LogP contribution in [0.4, 0.5) is 13.2 Å². The van der Waals surface area contributed by atoms with Crippen LogP contribution in [0.25, 0.3) is 0 Å². The predicted molar refractivity (Wildman–Crippen MR) is 66.4 cm³/mol. The zero-order valence-corrected chi connectivity index (χ0v) is 11.3. The zero-order chi connectivity index (χ0) is 15.3. The molecule has 20 heavy (non-hydrogen) atoms. The van der Waals surface area contributed by atoms with Crippen LogP contribution in [0.2, 0.25) is 5.02 Å². The molecule has 0 bridgehead atoms. The van der Waals surface area contributed by atoms with Crippen molar-refractivity contribution in [2.24, 2.45) is 5.73 Å². The molecule has 1 atom stereocenters. The summed E-state index contributed by atoms with van der Waals surface area (Å²) in [5.74, 6) is -1.10. The van der Waals surface area contributed by atoms with Crippen LogP contribution in [0.15, 0.2) is 18.2 Å². The van der Waals surface area contributed by atoms with E-state index >= 15 is 0 Å². The van der Waals surface area contributed by atoms with Gasteiger partial charge in [0.2, 0.25) is 0 Å². The summed E-state index contributed by atoms with van der Waals surface area (Å²) in [6.07, 6.45) is -4.82. The predicted octanol–water partition coefficient (Wildman–Crippen LogP) is 2.67. The lowest BCUT2D eigenvalue weighted by Gasteiger charge is -2.13. The summed E-state index contributed by atoms with van der Waals surface area (Å²) < 4.78 is 44.9. The number of hydrogen-bond acceptors (Lipinski definition) is 4. The highest BCUT2D eigenvalue weighted by atomic mass is 35.5. The first kappa shape index (κ1) is 16.6. The minimum atomic E-state index is -4.81. The number of alkyl halides is 3. The third kappa shape index (κ3) is 5.66. The maximum absolute atomic E-state index is 12.1. The lowest BCUT2D eigenvalue weighted by molar-refractivity contribution is -0.274. The van der Waals surface area contributed by atoms with Gasteiger partial charge in [-0.25, -0.2) is 0 Å². The van der Waals surface area contributed by atoms with Crippen molar-refractivity contribution in [2.75, 3.05) is 6.61 Å². The number of ether oxygens (including phenoxy) is 2. The SMILES string of the molecule is CCOC(=O)C(N)Cc1cc(Cl)cc(OC(F)(F)F)c1. The number of carbonyl (C=O) groups is 1. The van der Waals surface area contributed by atoms with Crippen LogP contribution in [-0.2, 0) is 16.0 Å². The lowest BCUT2D eigenvalue weighted by Crippen LogP contribution is -2.34. The smallest absolute Gasteiger partial charge is 0.465 e. The summed E-state index contributed by atoms with van der Waals surface area (Å²) in [7, 11) is 0. The molecule has 0 fully saturated rings. The van der Waals surface area contributed by atoms with Crippen LogP contribution in [0.3, 0.4) is 0 Å². The number of benzene rings is 1. The Balaban J connectivity index is 2.83. The van der Waals surface area contributed by atoms with Gasteiger partial charge in [0.25, 0.3) is 0 Å². The van der Waals surface area contributed by atoms with E-state index in [1.165, 1.54) is 6.07 Å². The molecule has 1 unspecified atom stereocenters. The Morgan fingerprint density at radius 3 is 2.60 bits per heavy atom. The monoisotopic (exact) mass is 311 g/mol. The summed E-state index contributed by atoms with van der Waals surface area (Å²) in [6.45, 7) is 1.80. The van der Waals surface area contributed by atoms with Gasteiger partial charge < -0.3 is 15.2 Å². The Hall–Kier alpha value is -1.47. The number of esters is 1. The van der Waals surface area contributed by atoms with Crippen molar-refractivity contribution in [3.05, 3.63) is 28.8 Å². The van der Waals surface area contributed by atoms with Gasteiger partial charge in [0.05, 0.1) is 6.61 Å². The molecule has 0 amide bonds. The number of nitrogens with two attached hydrogens (primary N) is 1. The van der Waals surface area contributed by atoms with E-state index in [-0.39, 0.29) is 18.1 Å². The summed E-state index contributed by atoms with van der Waals surface area (Å²) >= 11 is 5.70. The number of halogens is 4. The van der Waals surface area contributed by atoms with E-state index in [2.05, 4.69) is 4.74 Å². The average molecular weight is 312 g/mol. The molecule has 1 rings (SSSR count). The standard InChI is InChI=1S/C12H13ClF3NO3/c1-2-19-11(18)10(17)5-7-3-8(13)6-9(4-7)20-12(14,15)16/h3-4,6,10H,2,5,17H2,1H3. The highest BCUT2D eigenvalue weighted by molar-refractivity contribution is 6.30. The molecule has 2 N–H and O–H groups in total. The topological polar surface area (TPSA) is 61.5 Å². The fourth-order valence-corrected chi connectivity index (χ4v) is 1.77. The molecule has 0 aliphatic heterocycles. The molecule has 0 heterocycles. The van der Waals surface area contributed by atoms with Crippen molar-refractivity contribution < 1.29 is 27.4 Å². The first-order valence-electron chi connectivity index (χ1n) is 5.68. The number of carbonyl (C=O) groups excluding carboxylic acids is 1. The molecular weight excluding hydrogens is 299 g/mol.